The molecule has 10 heteroatoms. The Morgan fingerprint density at radius 2 is 1.65 bits per heavy atom. The number of rotatable bonds is 4. The summed E-state index contributed by atoms with van der Waals surface area (Å²) in [6, 6.07) is 10.4. The summed E-state index contributed by atoms with van der Waals surface area (Å²) >= 11 is 29.5. The summed E-state index contributed by atoms with van der Waals surface area (Å²) in [6.45, 7) is 0.386. The number of aromatic nitrogens is 3. The van der Waals surface area contributed by atoms with Crippen molar-refractivity contribution in [2.75, 3.05) is 10.6 Å². The lowest BCUT2D eigenvalue weighted by Gasteiger charge is -2.09. The van der Waals surface area contributed by atoms with E-state index in [1.807, 2.05) is 0 Å². The highest BCUT2D eigenvalue weighted by atomic mass is 35.5. The molecule has 0 bridgehead atoms. The highest BCUT2D eigenvalue weighted by molar-refractivity contribution is 7.80. The molecule has 2 aromatic carbocycles. The molecule has 0 amide bonds. The zero-order valence-electron chi connectivity index (χ0n) is 13.0. The molecule has 0 spiro atoms. The normalized spacial score (nSPS) is 10.6. The highest BCUT2D eigenvalue weighted by Gasteiger charge is 2.09. The molecular weight excluding hydrogens is 436 g/mol. The zero-order chi connectivity index (χ0) is 18.7. The Balaban J connectivity index is 1.65. The predicted octanol–water partition coefficient (Wildman–Crippen LogP) is 5.75. The molecule has 3 rings (SSSR count). The summed E-state index contributed by atoms with van der Waals surface area (Å²) in [6.07, 6.45) is 1.56. The molecule has 0 aliphatic carbocycles. The lowest BCUT2D eigenvalue weighted by atomic mass is 10.2. The van der Waals surface area contributed by atoms with Crippen molar-refractivity contribution in [1.29, 1.82) is 0 Å². The van der Waals surface area contributed by atoms with Crippen LogP contribution in [0.5, 0.6) is 0 Å². The van der Waals surface area contributed by atoms with Gasteiger partial charge in [-0.1, -0.05) is 52.5 Å². The molecule has 0 aliphatic rings. The second kappa shape index (κ2) is 8.41. The molecule has 1 aromatic heterocycles. The number of anilines is 2. The van der Waals surface area contributed by atoms with E-state index in [9.17, 15) is 0 Å². The Bertz CT molecular complexity index is 919. The van der Waals surface area contributed by atoms with Gasteiger partial charge in [0.15, 0.2) is 5.11 Å². The molecule has 0 aliphatic heterocycles. The lowest BCUT2D eigenvalue weighted by molar-refractivity contribution is 0.687. The van der Waals surface area contributed by atoms with E-state index in [2.05, 4.69) is 20.7 Å². The third-order valence-corrected chi connectivity index (χ3v) is 4.61. The first-order chi connectivity index (χ1) is 12.4. The van der Waals surface area contributed by atoms with Gasteiger partial charge in [0.2, 0.25) is 5.95 Å². The van der Waals surface area contributed by atoms with Gasteiger partial charge in [0, 0.05) is 31.3 Å². The fourth-order valence-corrected chi connectivity index (χ4v) is 3.42. The Morgan fingerprint density at radius 1 is 1.00 bits per heavy atom. The van der Waals surface area contributed by atoms with E-state index in [0.717, 1.165) is 5.56 Å². The van der Waals surface area contributed by atoms with Crippen LogP contribution in [-0.2, 0) is 6.54 Å². The average molecular weight is 447 g/mol. The molecule has 134 valence electrons. The van der Waals surface area contributed by atoms with E-state index in [-0.39, 0.29) is 0 Å². The smallest absolute Gasteiger partial charge is 0.248 e. The molecule has 26 heavy (non-hydrogen) atoms. The van der Waals surface area contributed by atoms with Crippen LogP contribution in [0.15, 0.2) is 42.7 Å². The first kappa shape index (κ1) is 19.2. The molecule has 3 aromatic rings. The van der Waals surface area contributed by atoms with Crippen LogP contribution in [0.25, 0.3) is 0 Å². The molecule has 0 saturated heterocycles. The van der Waals surface area contributed by atoms with E-state index in [1.54, 1.807) is 47.4 Å². The summed E-state index contributed by atoms with van der Waals surface area (Å²) in [5.41, 5.74) is 1.42. The maximum Gasteiger partial charge on any atom is 0.248 e. The van der Waals surface area contributed by atoms with E-state index < -0.39 is 0 Å². The predicted molar refractivity (Wildman–Crippen MR) is 112 cm³/mol. The SMILES string of the molecule is S=C(Nc1cc(Cl)cc(Cl)c1)Nc1ncn(Cc2c(Cl)cccc2Cl)n1. The number of nitrogens with one attached hydrogen (secondary N) is 2. The quantitative estimate of drug-likeness (QED) is 0.499. The van der Waals surface area contributed by atoms with E-state index in [1.165, 1.54) is 0 Å². The maximum absolute atomic E-state index is 6.17. The van der Waals surface area contributed by atoms with Crippen LogP contribution < -0.4 is 10.6 Å². The number of hydrogen-bond donors (Lipinski definition) is 2. The third-order valence-electron chi connectivity index (χ3n) is 3.26. The van der Waals surface area contributed by atoms with Crippen molar-refractivity contribution in [2.45, 2.75) is 6.54 Å². The van der Waals surface area contributed by atoms with Crippen molar-refractivity contribution < 1.29 is 0 Å². The minimum Gasteiger partial charge on any atom is -0.332 e. The van der Waals surface area contributed by atoms with Gasteiger partial charge in [0.1, 0.15) is 6.33 Å². The minimum absolute atomic E-state index is 0.303. The summed E-state index contributed by atoms with van der Waals surface area (Å²) < 4.78 is 1.61. The highest BCUT2D eigenvalue weighted by Crippen LogP contribution is 2.25. The summed E-state index contributed by atoms with van der Waals surface area (Å²) in [5.74, 6) is 0.332. The fraction of sp³-hybridized carbons (Fsp3) is 0.0625. The van der Waals surface area contributed by atoms with Crippen LogP contribution >= 0.6 is 58.6 Å². The van der Waals surface area contributed by atoms with Crippen molar-refractivity contribution in [3.63, 3.8) is 0 Å². The molecule has 0 radical (unpaired) electrons. The molecule has 0 unspecified atom stereocenters. The zero-order valence-corrected chi connectivity index (χ0v) is 16.9. The molecule has 0 atom stereocenters. The first-order valence-electron chi connectivity index (χ1n) is 7.27. The van der Waals surface area contributed by atoms with Gasteiger partial charge >= 0.3 is 0 Å². The Hall–Kier alpha value is -1.57. The molecule has 5 nitrogen and oxygen atoms in total. The number of halogens is 4. The molecule has 1 heterocycles. The van der Waals surface area contributed by atoms with Gasteiger partial charge in [-0.2, -0.15) is 0 Å². The van der Waals surface area contributed by atoms with Crippen LogP contribution in [0.4, 0.5) is 11.6 Å². The van der Waals surface area contributed by atoms with Gasteiger partial charge in [-0.15, -0.1) is 5.10 Å². The monoisotopic (exact) mass is 445 g/mol. The van der Waals surface area contributed by atoms with E-state index in [0.29, 0.717) is 43.4 Å². The first-order valence-corrected chi connectivity index (χ1v) is 9.19. The topological polar surface area (TPSA) is 54.8 Å². The van der Waals surface area contributed by atoms with Crippen LogP contribution in [0, 0.1) is 0 Å². The van der Waals surface area contributed by atoms with Crippen LogP contribution in [-0.4, -0.2) is 19.9 Å². The second-order valence-corrected chi connectivity index (χ2v) is 7.30. The van der Waals surface area contributed by atoms with Crippen LogP contribution in [0.2, 0.25) is 20.1 Å². The van der Waals surface area contributed by atoms with Gasteiger partial charge in [-0.25, -0.2) is 9.67 Å². The summed E-state index contributed by atoms with van der Waals surface area (Å²) in [4.78, 5) is 4.16. The Morgan fingerprint density at radius 3 is 2.31 bits per heavy atom. The van der Waals surface area contributed by atoms with Crippen molar-refractivity contribution in [1.82, 2.24) is 14.8 Å². The van der Waals surface area contributed by atoms with Gasteiger partial charge in [0.25, 0.3) is 0 Å². The average Bonchev–Trinajstić information content (AvgIpc) is 2.97. The second-order valence-electron chi connectivity index (χ2n) is 5.20. The Kier molecular flexibility index (Phi) is 6.21. The van der Waals surface area contributed by atoms with Gasteiger partial charge in [-0.3, -0.25) is 5.32 Å². The van der Waals surface area contributed by atoms with Crippen molar-refractivity contribution >= 4 is 75.4 Å². The number of hydrogen-bond acceptors (Lipinski definition) is 3. The number of thiocarbonyl (C=S) groups is 1. The van der Waals surface area contributed by atoms with E-state index in [4.69, 9.17) is 58.6 Å². The minimum atomic E-state index is 0.303. The Labute approximate surface area is 175 Å². The third kappa shape index (κ3) is 4.99. The summed E-state index contributed by atoms with van der Waals surface area (Å²) in [5, 5.41) is 12.6. The van der Waals surface area contributed by atoms with E-state index >= 15 is 0 Å². The van der Waals surface area contributed by atoms with Crippen LogP contribution in [0.3, 0.4) is 0 Å². The van der Waals surface area contributed by atoms with Gasteiger partial charge < -0.3 is 5.32 Å². The number of benzene rings is 2. The molecule has 0 fully saturated rings. The fourth-order valence-electron chi connectivity index (χ4n) is 2.16. The van der Waals surface area contributed by atoms with Crippen LogP contribution in [0.1, 0.15) is 5.56 Å². The van der Waals surface area contributed by atoms with Crippen molar-refractivity contribution in [3.05, 3.63) is 68.4 Å². The molecular formula is C16H11Cl4N5S. The lowest BCUT2D eigenvalue weighted by Crippen LogP contribution is -2.20. The molecule has 0 saturated carbocycles. The van der Waals surface area contributed by atoms with Gasteiger partial charge in [-0.05, 0) is 42.5 Å². The van der Waals surface area contributed by atoms with Crippen molar-refractivity contribution in [3.8, 4) is 0 Å². The molecule has 2 N–H and O–H groups in total. The largest absolute Gasteiger partial charge is 0.332 e. The van der Waals surface area contributed by atoms with Gasteiger partial charge in [0.05, 0.1) is 6.54 Å². The van der Waals surface area contributed by atoms with Crippen molar-refractivity contribution in [2.24, 2.45) is 0 Å². The number of nitrogens with zero attached hydrogens (tertiary/aromatic N) is 3. The standard InChI is InChI=1S/C16H11Cl4N5S/c17-9-4-10(18)6-11(5-9)22-16(26)23-15-21-8-25(24-15)7-12-13(19)2-1-3-14(12)20/h1-6,8H,7H2,(H2,22,23,24,26). The maximum atomic E-state index is 6.17. The summed E-state index contributed by atoms with van der Waals surface area (Å²) in [7, 11) is 0.